The average molecular weight is 342 g/mol. The molecule has 2 aromatic rings. The minimum Gasteiger partial charge on any atom is -0.399 e. The van der Waals surface area contributed by atoms with Gasteiger partial charge in [-0.15, -0.1) is 11.3 Å². The molecule has 0 bridgehead atoms. The van der Waals surface area contributed by atoms with E-state index in [0.29, 0.717) is 0 Å². The number of hydrogen-bond acceptors (Lipinski definition) is 3. The Morgan fingerprint density at radius 3 is 1.88 bits per heavy atom. The number of hydrogen-bond donors (Lipinski definition) is 0. The number of rotatable bonds is 2. The Balaban J connectivity index is 1.82. The molecule has 0 saturated carbocycles. The molecule has 1 aliphatic heterocycles. The van der Waals surface area contributed by atoms with Gasteiger partial charge >= 0.3 is 7.12 Å². The van der Waals surface area contributed by atoms with Crippen LogP contribution in [0.5, 0.6) is 0 Å². The van der Waals surface area contributed by atoms with Crippen molar-refractivity contribution >= 4 is 23.2 Å². The van der Waals surface area contributed by atoms with Gasteiger partial charge in [-0.25, -0.2) is 0 Å². The highest BCUT2D eigenvalue weighted by Crippen LogP contribution is 2.37. The summed E-state index contributed by atoms with van der Waals surface area (Å²) in [4.78, 5) is 1.25. The third-order valence-electron chi connectivity index (χ3n) is 5.15. The van der Waals surface area contributed by atoms with Crippen LogP contribution in [0.3, 0.4) is 0 Å². The van der Waals surface area contributed by atoms with Crippen LogP contribution in [-0.4, -0.2) is 18.3 Å². The standard InChI is InChI=1S/C20H27BO2S/c1-18(2,3)15-10-8-14(9-11-15)16-12-13-17(24-16)21-22-19(4,5)20(6,7)23-21/h8-13H,1-7H3. The molecule has 4 heteroatoms. The van der Waals surface area contributed by atoms with Gasteiger partial charge in [0.15, 0.2) is 0 Å². The van der Waals surface area contributed by atoms with E-state index < -0.39 is 0 Å². The third-order valence-corrected chi connectivity index (χ3v) is 6.30. The highest BCUT2D eigenvalue weighted by molar-refractivity contribution is 7.25. The van der Waals surface area contributed by atoms with E-state index in [1.807, 2.05) is 0 Å². The molecule has 0 unspecified atom stereocenters. The first-order chi connectivity index (χ1) is 11.0. The Morgan fingerprint density at radius 2 is 1.38 bits per heavy atom. The molecule has 24 heavy (non-hydrogen) atoms. The lowest BCUT2D eigenvalue weighted by atomic mass is 9.86. The van der Waals surface area contributed by atoms with Gasteiger partial charge in [0.1, 0.15) is 0 Å². The molecule has 1 fully saturated rings. The predicted molar refractivity (Wildman–Crippen MR) is 104 cm³/mol. The molecule has 128 valence electrons. The van der Waals surface area contributed by atoms with Gasteiger partial charge in [0.05, 0.1) is 11.2 Å². The van der Waals surface area contributed by atoms with Crippen molar-refractivity contribution in [2.75, 3.05) is 0 Å². The van der Waals surface area contributed by atoms with Gasteiger partial charge in [0.2, 0.25) is 0 Å². The SMILES string of the molecule is CC(C)(C)c1ccc(-c2ccc(B3OC(C)(C)C(C)(C)O3)s2)cc1. The minimum absolute atomic E-state index is 0.182. The molecule has 3 rings (SSSR count). The Kier molecular flexibility index (Phi) is 4.22. The lowest BCUT2D eigenvalue weighted by Crippen LogP contribution is -2.41. The maximum absolute atomic E-state index is 6.15. The van der Waals surface area contributed by atoms with Crippen LogP contribution in [0.15, 0.2) is 36.4 Å². The average Bonchev–Trinajstić information content (AvgIpc) is 3.02. The van der Waals surface area contributed by atoms with E-state index in [2.05, 4.69) is 84.9 Å². The van der Waals surface area contributed by atoms with Crippen molar-refractivity contribution in [1.29, 1.82) is 0 Å². The Morgan fingerprint density at radius 1 is 0.833 bits per heavy atom. The molecular formula is C20H27BO2S. The smallest absolute Gasteiger partial charge is 0.399 e. The van der Waals surface area contributed by atoms with E-state index >= 15 is 0 Å². The molecule has 2 heterocycles. The van der Waals surface area contributed by atoms with Crippen molar-refractivity contribution in [2.24, 2.45) is 0 Å². The second kappa shape index (κ2) is 5.72. The maximum Gasteiger partial charge on any atom is 0.505 e. The summed E-state index contributed by atoms with van der Waals surface area (Å²) in [6.45, 7) is 15.1. The second-order valence-corrected chi connectivity index (χ2v) is 9.73. The van der Waals surface area contributed by atoms with Gasteiger partial charge in [-0.05, 0) is 50.3 Å². The van der Waals surface area contributed by atoms with Gasteiger partial charge in [-0.2, -0.15) is 0 Å². The zero-order chi connectivity index (χ0) is 17.8. The van der Waals surface area contributed by atoms with E-state index in [-0.39, 0.29) is 23.7 Å². The molecule has 2 nitrogen and oxygen atoms in total. The van der Waals surface area contributed by atoms with Gasteiger partial charge in [0, 0.05) is 9.65 Å². The van der Waals surface area contributed by atoms with E-state index in [1.165, 1.54) is 16.0 Å². The Hall–Kier alpha value is -1.10. The van der Waals surface area contributed by atoms with Crippen LogP contribution in [0, 0.1) is 0 Å². The fraction of sp³-hybridized carbons (Fsp3) is 0.500. The molecule has 0 N–H and O–H groups in total. The largest absolute Gasteiger partial charge is 0.505 e. The van der Waals surface area contributed by atoms with Crippen LogP contribution in [0.2, 0.25) is 0 Å². The zero-order valence-electron chi connectivity index (χ0n) is 15.8. The summed E-state index contributed by atoms with van der Waals surface area (Å²) in [6.07, 6.45) is 0. The van der Waals surface area contributed by atoms with E-state index in [1.54, 1.807) is 11.3 Å². The molecular weight excluding hydrogens is 315 g/mol. The Labute approximate surface area is 150 Å². The molecule has 0 amide bonds. The van der Waals surface area contributed by atoms with Crippen LogP contribution in [-0.2, 0) is 14.7 Å². The molecule has 1 aliphatic rings. The van der Waals surface area contributed by atoms with Crippen LogP contribution >= 0.6 is 11.3 Å². The van der Waals surface area contributed by atoms with Gasteiger partial charge in [0.25, 0.3) is 0 Å². The highest BCUT2D eigenvalue weighted by Gasteiger charge is 2.52. The van der Waals surface area contributed by atoms with Crippen LogP contribution < -0.4 is 4.78 Å². The third kappa shape index (κ3) is 3.20. The highest BCUT2D eigenvalue weighted by atomic mass is 32.1. The normalized spacial score (nSPS) is 19.7. The van der Waals surface area contributed by atoms with Gasteiger partial charge in [-0.1, -0.05) is 51.1 Å². The fourth-order valence-corrected chi connectivity index (χ4v) is 3.70. The fourth-order valence-electron chi connectivity index (χ4n) is 2.73. The number of thiophene rings is 1. The summed E-state index contributed by atoms with van der Waals surface area (Å²) in [5, 5.41) is 0. The first-order valence-corrected chi connectivity index (χ1v) is 9.38. The van der Waals surface area contributed by atoms with Crippen molar-refractivity contribution < 1.29 is 9.31 Å². The van der Waals surface area contributed by atoms with E-state index in [9.17, 15) is 0 Å². The number of benzene rings is 1. The first kappa shape index (κ1) is 17.7. The monoisotopic (exact) mass is 342 g/mol. The van der Waals surface area contributed by atoms with Crippen molar-refractivity contribution in [2.45, 2.75) is 65.1 Å². The van der Waals surface area contributed by atoms with Crippen molar-refractivity contribution in [3.8, 4) is 10.4 Å². The van der Waals surface area contributed by atoms with Crippen LogP contribution in [0.25, 0.3) is 10.4 Å². The first-order valence-electron chi connectivity index (χ1n) is 8.56. The van der Waals surface area contributed by atoms with Gasteiger partial charge in [-0.3, -0.25) is 0 Å². The minimum atomic E-state index is -0.295. The van der Waals surface area contributed by atoms with Crippen LogP contribution in [0.4, 0.5) is 0 Å². The zero-order valence-corrected chi connectivity index (χ0v) is 16.6. The predicted octanol–water partition coefficient (Wildman–Crippen LogP) is 5.01. The second-order valence-electron chi connectivity index (χ2n) is 8.62. The summed E-state index contributed by atoms with van der Waals surface area (Å²) in [7, 11) is -0.275. The molecule has 1 aromatic heterocycles. The summed E-state index contributed by atoms with van der Waals surface area (Å²) >= 11 is 1.75. The lowest BCUT2D eigenvalue weighted by Gasteiger charge is -2.32. The Bertz CT molecular complexity index is 707. The van der Waals surface area contributed by atoms with Crippen molar-refractivity contribution in [1.82, 2.24) is 0 Å². The molecule has 1 saturated heterocycles. The quantitative estimate of drug-likeness (QED) is 0.714. The molecule has 0 spiro atoms. The molecule has 0 radical (unpaired) electrons. The van der Waals surface area contributed by atoms with Gasteiger partial charge < -0.3 is 9.31 Å². The maximum atomic E-state index is 6.15. The van der Waals surface area contributed by atoms with E-state index in [4.69, 9.17) is 9.31 Å². The van der Waals surface area contributed by atoms with Crippen molar-refractivity contribution in [3.05, 3.63) is 42.0 Å². The lowest BCUT2D eigenvalue weighted by molar-refractivity contribution is 0.00578. The van der Waals surface area contributed by atoms with Crippen molar-refractivity contribution in [3.63, 3.8) is 0 Å². The summed E-state index contributed by atoms with van der Waals surface area (Å²) in [6, 6.07) is 13.2. The van der Waals surface area contributed by atoms with E-state index in [0.717, 1.165) is 4.78 Å². The molecule has 1 aromatic carbocycles. The topological polar surface area (TPSA) is 18.5 Å². The van der Waals surface area contributed by atoms with Crippen LogP contribution in [0.1, 0.15) is 54.0 Å². The molecule has 0 atom stereocenters. The summed E-state index contributed by atoms with van der Waals surface area (Å²) < 4.78 is 13.4. The summed E-state index contributed by atoms with van der Waals surface area (Å²) in [5.74, 6) is 0. The molecule has 0 aliphatic carbocycles. The summed E-state index contributed by atoms with van der Waals surface area (Å²) in [5.41, 5.74) is 2.19.